The lowest BCUT2D eigenvalue weighted by atomic mass is 10.4. The minimum Gasteiger partial charge on any atom is -0.279 e. The van der Waals surface area contributed by atoms with Gasteiger partial charge in [0, 0.05) is 6.20 Å². The number of sulfonamides is 1. The molecule has 0 amide bonds. The molecule has 0 saturated heterocycles. The second-order valence-corrected chi connectivity index (χ2v) is 7.79. The summed E-state index contributed by atoms with van der Waals surface area (Å²) in [6.07, 6.45) is 1.44. The van der Waals surface area contributed by atoms with Gasteiger partial charge in [-0.05, 0) is 40.2 Å². The van der Waals surface area contributed by atoms with Gasteiger partial charge in [0.2, 0.25) is 0 Å². The van der Waals surface area contributed by atoms with E-state index in [1.807, 2.05) is 0 Å². The van der Waals surface area contributed by atoms with E-state index in [4.69, 9.17) is 11.6 Å². The minimum atomic E-state index is -3.56. The van der Waals surface area contributed by atoms with Crippen molar-refractivity contribution in [3.05, 3.63) is 39.4 Å². The van der Waals surface area contributed by atoms with Crippen LogP contribution in [-0.2, 0) is 10.0 Å². The molecule has 0 aliphatic heterocycles. The van der Waals surface area contributed by atoms with Crippen LogP contribution < -0.4 is 4.72 Å². The van der Waals surface area contributed by atoms with Crippen molar-refractivity contribution in [3.63, 3.8) is 0 Å². The van der Waals surface area contributed by atoms with Crippen LogP contribution in [0.4, 0.5) is 5.69 Å². The third-order valence-corrected chi connectivity index (χ3v) is 5.50. The van der Waals surface area contributed by atoms with E-state index in [0.29, 0.717) is 5.69 Å². The van der Waals surface area contributed by atoms with Gasteiger partial charge in [0.25, 0.3) is 10.0 Å². The third kappa shape index (κ3) is 3.19. The minimum absolute atomic E-state index is 0.234. The summed E-state index contributed by atoms with van der Waals surface area (Å²) < 4.78 is 27.3. The van der Waals surface area contributed by atoms with E-state index in [1.54, 1.807) is 6.07 Å². The molecule has 0 saturated carbocycles. The van der Waals surface area contributed by atoms with Crippen molar-refractivity contribution in [2.75, 3.05) is 4.72 Å². The number of hydrogen-bond donors (Lipinski definition) is 1. The van der Waals surface area contributed by atoms with E-state index in [9.17, 15) is 8.42 Å². The van der Waals surface area contributed by atoms with Gasteiger partial charge >= 0.3 is 0 Å². The number of anilines is 1. The van der Waals surface area contributed by atoms with E-state index in [1.165, 1.54) is 24.4 Å². The molecule has 0 bridgehead atoms. The van der Waals surface area contributed by atoms with Crippen molar-refractivity contribution >= 4 is 54.6 Å². The largest absolute Gasteiger partial charge is 0.279 e. The van der Waals surface area contributed by atoms with E-state index in [2.05, 4.69) is 25.6 Å². The summed E-state index contributed by atoms with van der Waals surface area (Å²) in [7, 11) is -3.56. The second kappa shape index (κ2) is 4.93. The Labute approximate surface area is 116 Å². The first-order valence-corrected chi connectivity index (χ1v) is 7.84. The van der Waals surface area contributed by atoms with E-state index in [0.717, 1.165) is 15.1 Å². The number of hydrogen-bond acceptors (Lipinski definition) is 4. The summed E-state index contributed by atoms with van der Waals surface area (Å²) in [5.74, 6) is 0. The first-order chi connectivity index (χ1) is 7.97. The first-order valence-electron chi connectivity index (χ1n) is 4.37. The van der Waals surface area contributed by atoms with Crippen LogP contribution in [-0.4, -0.2) is 13.4 Å². The zero-order valence-electron chi connectivity index (χ0n) is 8.22. The molecule has 2 rings (SSSR count). The molecular weight excluding hydrogens is 348 g/mol. The monoisotopic (exact) mass is 352 g/mol. The Kier molecular flexibility index (Phi) is 3.72. The van der Waals surface area contributed by atoms with Gasteiger partial charge in [-0.2, -0.15) is 0 Å². The Morgan fingerprint density at radius 2 is 2.12 bits per heavy atom. The van der Waals surface area contributed by atoms with Crippen LogP contribution in [0.2, 0.25) is 5.15 Å². The third-order valence-electron chi connectivity index (χ3n) is 1.79. The number of rotatable bonds is 3. The van der Waals surface area contributed by atoms with E-state index in [-0.39, 0.29) is 9.36 Å². The first kappa shape index (κ1) is 12.8. The summed E-state index contributed by atoms with van der Waals surface area (Å²) in [5.41, 5.74) is 0.384. The molecule has 0 spiro atoms. The van der Waals surface area contributed by atoms with Crippen LogP contribution >= 0.6 is 38.9 Å². The molecule has 0 unspecified atom stereocenters. The predicted octanol–water partition coefficient (Wildman–Crippen LogP) is 3.36. The average molecular weight is 354 g/mol. The number of nitrogens with zero attached hydrogens (tertiary/aromatic N) is 1. The molecule has 2 heterocycles. The fourth-order valence-corrected chi connectivity index (χ4v) is 4.35. The fraction of sp³-hybridized carbons (Fsp3) is 0. The van der Waals surface area contributed by atoms with E-state index < -0.39 is 10.0 Å². The number of aromatic nitrogens is 1. The highest BCUT2D eigenvalue weighted by Crippen LogP contribution is 2.27. The number of pyridine rings is 1. The topological polar surface area (TPSA) is 59.1 Å². The number of thiophene rings is 1. The molecule has 90 valence electrons. The zero-order valence-corrected chi connectivity index (χ0v) is 12.2. The summed E-state index contributed by atoms with van der Waals surface area (Å²) in [4.78, 5) is 3.77. The smallest absolute Gasteiger partial charge is 0.271 e. The highest BCUT2D eigenvalue weighted by Gasteiger charge is 2.16. The van der Waals surface area contributed by atoms with Crippen LogP contribution in [0, 0.1) is 0 Å². The zero-order chi connectivity index (χ0) is 12.5. The normalized spacial score (nSPS) is 11.4. The molecule has 0 fully saturated rings. The maximum absolute atomic E-state index is 11.9. The fourth-order valence-electron chi connectivity index (χ4n) is 1.11. The van der Waals surface area contributed by atoms with Crippen molar-refractivity contribution in [2.45, 2.75) is 4.21 Å². The predicted molar refractivity (Wildman–Crippen MR) is 72.1 cm³/mol. The summed E-state index contributed by atoms with van der Waals surface area (Å²) in [6.45, 7) is 0. The van der Waals surface area contributed by atoms with Crippen LogP contribution in [0.25, 0.3) is 0 Å². The van der Waals surface area contributed by atoms with E-state index >= 15 is 0 Å². The van der Waals surface area contributed by atoms with Gasteiger partial charge in [-0.15, -0.1) is 11.3 Å². The maximum Gasteiger partial charge on any atom is 0.271 e. The number of nitrogens with one attached hydrogen (secondary N) is 1. The molecule has 17 heavy (non-hydrogen) atoms. The Hall–Kier alpha value is -0.630. The molecular formula is C9H6BrClN2O2S2. The summed E-state index contributed by atoms with van der Waals surface area (Å²) in [5, 5.41) is 0.234. The van der Waals surface area contributed by atoms with Gasteiger partial charge in [-0.3, -0.25) is 4.72 Å². The molecule has 2 aromatic rings. The van der Waals surface area contributed by atoms with Gasteiger partial charge in [0.15, 0.2) is 0 Å². The molecule has 2 aromatic heterocycles. The Bertz CT molecular complexity index is 642. The van der Waals surface area contributed by atoms with Gasteiger partial charge in [0.05, 0.1) is 9.47 Å². The SMILES string of the molecule is O=S(=O)(Nc1ccnc(Cl)c1)c1ccc(Br)s1. The van der Waals surface area contributed by atoms with Crippen molar-refractivity contribution in [3.8, 4) is 0 Å². The Morgan fingerprint density at radius 3 is 2.71 bits per heavy atom. The lowest BCUT2D eigenvalue weighted by Crippen LogP contribution is -2.11. The van der Waals surface area contributed by atoms with Gasteiger partial charge < -0.3 is 0 Å². The van der Waals surface area contributed by atoms with Crippen molar-refractivity contribution in [1.82, 2.24) is 4.98 Å². The molecule has 0 atom stereocenters. The molecule has 0 aliphatic rings. The Morgan fingerprint density at radius 1 is 1.35 bits per heavy atom. The van der Waals surface area contributed by atoms with Crippen LogP contribution in [0.15, 0.2) is 38.5 Å². The molecule has 8 heteroatoms. The van der Waals surface area contributed by atoms with Crippen molar-refractivity contribution in [1.29, 1.82) is 0 Å². The highest BCUT2D eigenvalue weighted by atomic mass is 79.9. The molecule has 0 radical (unpaired) electrons. The molecule has 1 N–H and O–H groups in total. The number of halogens is 2. The van der Waals surface area contributed by atoms with Crippen molar-refractivity contribution < 1.29 is 8.42 Å². The summed E-state index contributed by atoms with van der Waals surface area (Å²) in [6, 6.07) is 6.19. The van der Waals surface area contributed by atoms with Gasteiger partial charge in [-0.25, -0.2) is 13.4 Å². The highest BCUT2D eigenvalue weighted by molar-refractivity contribution is 9.11. The maximum atomic E-state index is 11.9. The second-order valence-electron chi connectivity index (χ2n) is 3.03. The lowest BCUT2D eigenvalue weighted by Gasteiger charge is -2.05. The quantitative estimate of drug-likeness (QED) is 0.861. The van der Waals surface area contributed by atoms with Crippen LogP contribution in [0.5, 0.6) is 0 Å². The standard InChI is InChI=1S/C9H6BrClN2O2S2/c10-7-1-2-9(16-7)17(14,15)13-6-3-4-12-8(11)5-6/h1-5H,(H,12,13). The summed E-state index contributed by atoms with van der Waals surface area (Å²) >= 11 is 10.0. The lowest BCUT2D eigenvalue weighted by molar-refractivity contribution is 0.603. The van der Waals surface area contributed by atoms with Gasteiger partial charge in [-0.1, -0.05) is 11.6 Å². The van der Waals surface area contributed by atoms with Crippen LogP contribution in [0.1, 0.15) is 0 Å². The van der Waals surface area contributed by atoms with Gasteiger partial charge in [0.1, 0.15) is 9.36 Å². The van der Waals surface area contributed by atoms with Crippen molar-refractivity contribution in [2.24, 2.45) is 0 Å². The average Bonchev–Trinajstić information content (AvgIpc) is 2.65. The molecule has 0 aromatic carbocycles. The van der Waals surface area contributed by atoms with Crippen LogP contribution in [0.3, 0.4) is 0 Å². The molecule has 0 aliphatic carbocycles. The Balaban J connectivity index is 2.29. The molecule has 4 nitrogen and oxygen atoms in total.